The second-order valence-corrected chi connectivity index (χ2v) is 7.35. The highest BCUT2D eigenvalue weighted by Gasteiger charge is 2.17. The molecule has 1 atom stereocenters. The fraction of sp³-hybridized carbons (Fsp3) is 0.538. The zero-order valence-electron chi connectivity index (χ0n) is 12.1. The highest BCUT2D eigenvalue weighted by atomic mass is 32.2. The molecule has 0 aromatic heterocycles. The predicted molar refractivity (Wildman–Crippen MR) is 80.0 cm³/mol. The third-order valence-electron chi connectivity index (χ3n) is 3.09. The normalized spacial score (nSPS) is 13.0. The third kappa shape index (κ3) is 4.19. The molecule has 0 spiro atoms. The Balaban J connectivity index is 2.98. The maximum Gasteiger partial charge on any atom is 0.274 e. The highest BCUT2D eigenvalue weighted by Crippen LogP contribution is 2.26. The Morgan fingerprint density at radius 3 is 2.40 bits per heavy atom. The van der Waals surface area contributed by atoms with Crippen molar-refractivity contribution in [3.05, 3.63) is 33.4 Å². The van der Waals surface area contributed by atoms with E-state index in [1.807, 2.05) is 6.92 Å². The first kappa shape index (κ1) is 16.4. The van der Waals surface area contributed by atoms with E-state index in [9.17, 15) is 18.5 Å². The zero-order valence-corrected chi connectivity index (χ0v) is 13.0. The molecule has 6 nitrogen and oxygen atoms in total. The van der Waals surface area contributed by atoms with Gasteiger partial charge in [0.25, 0.3) is 5.69 Å². The Hall–Kier alpha value is -1.63. The summed E-state index contributed by atoms with van der Waals surface area (Å²) in [6.45, 7) is 6.86. The minimum Gasteiger partial charge on any atom is -0.381 e. The van der Waals surface area contributed by atoms with Crippen LogP contribution in [0.1, 0.15) is 25.0 Å². The lowest BCUT2D eigenvalue weighted by molar-refractivity contribution is -0.385. The molecule has 0 saturated carbocycles. The third-order valence-corrected chi connectivity index (χ3v) is 4.97. The Morgan fingerprint density at radius 1 is 1.30 bits per heavy atom. The number of rotatable bonds is 6. The summed E-state index contributed by atoms with van der Waals surface area (Å²) in [6.07, 6.45) is 0. The van der Waals surface area contributed by atoms with E-state index in [2.05, 4.69) is 5.32 Å². The number of nitrogens with one attached hydrogen (secondary N) is 1. The van der Waals surface area contributed by atoms with Crippen LogP contribution >= 0.6 is 0 Å². The number of nitro benzene ring substituents is 1. The van der Waals surface area contributed by atoms with Crippen molar-refractivity contribution < 1.29 is 13.3 Å². The molecule has 1 N–H and O–H groups in total. The smallest absolute Gasteiger partial charge is 0.274 e. The number of nitro groups is 1. The molecular weight excluding hydrogens is 280 g/mol. The molecule has 0 radical (unpaired) electrons. The molecule has 7 heteroatoms. The molecule has 1 unspecified atom stereocenters. The van der Waals surface area contributed by atoms with E-state index >= 15 is 0 Å². The van der Waals surface area contributed by atoms with Gasteiger partial charge in [0, 0.05) is 29.1 Å². The van der Waals surface area contributed by atoms with Gasteiger partial charge in [-0.2, -0.15) is 0 Å². The summed E-state index contributed by atoms with van der Waals surface area (Å²) in [5.41, 5.74) is 2.07. The molecule has 112 valence electrons. The van der Waals surface area contributed by atoms with Gasteiger partial charge in [-0.15, -0.1) is 0 Å². The number of hydrogen-bond acceptors (Lipinski definition) is 5. The van der Waals surface area contributed by atoms with Crippen molar-refractivity contribution in [3.63, 3.8) is 0 Å². The van der Waals surface area contributed by atoms with Crippen LogP contribution in [-0.2, 0) is 9.84 Å². The molecular formula is C13H20N2O4S. The van der Waals surface area contributed by atoms with Crippen LogP contribution in [-0.4, -0.2) is 30.9 Å². The SMILES string of the molecule is CCS(=O)(=O)CC(C)Nc1cc([N+](=O)[O-])c(C)cc1C. The molecule has 0 fully saturated rings. The van der Waals surface area contributed by atoms with Crippen LogP contribution in [0.4, 0.5) is 11.4 Å². The molecule has 1 aromatic rings. The van der Waals surface area contributed by atoms with Crippen molar-refractivity contribution in [2.45, 2.75) is 33.7 Å². The molecule has 0 aliphatic carbocycles. The molecule has 1 rings (SSSR count). The highest BCUT2D eigenvalue weighted by molar-refractivity contribution is 7.91. The van der Waals surface area contributed by atoms with Gasteiger partial charge < -0.3 is 5.32 Å². The number of benzene rings is 1. The Bertz CT molecular complexity index is 611. The maximum absolute atomic E-state index is 11.6. The van der Waals surface area contributed by atoms with Crippen LogP contribution in [0, 0.1) is 24.0 Å². The molecule has 20 heavy (non-hydrogen) atoms. The van der Waals surface area contributed by atoms with Crippen molar-refractivity contribution in [2.24, 2.45) is 0 Å². The van der Waals surface area contributed by atoms with Crippen LogP contribution < -0.4 is 5.32 Å². The number of nitrogens with zero attached hydrogens (tertiary/aromatic N) is 1. The first-order valence-electron chi connectivity index (χ1n) is 6.39. The average molecular weight is 300 g/mol. The van der Waals surface area contributed by atoms with E-state index in [4.69, 9.17) is 0 Å². The quantitative estimate of drug-likeness (QED) is 0.644. The first-order valence-corrected chi connectivity index (χ1v) is 8.21. The van der Waals surface area contributed by atoms with E-state index in [1.165, 1.54) is 6.07 Å². The van der Waals surface area contributed by atoms with E-state index in [-0.39, 0.29) is 23.2 Å². The minimum absolute atomic E-state index is 0.00458. The molecule has 0 amide bonds. The number of aryl methyl sites for hydroxylation is 2. The second-order valence-electron chi connectivity index (χ2n) is 4.96. The summed E-state index contributed by atoms with van der Waals surface area (Å²) in [4.78, 5) is 10.5. The number of hydrogen-bond donors (Lipinski definition) is 1. The van der Waals surface area contributed by atoms with Gasteiger partial charge in [-0.05, 0) is 32.4 Å². The zero-order chi connectivity index (χ0) is 15.5. The van der Waals surface area contributed by atoms with Crippen LogP contribution in [0.3, 0.4) is 0 Å². The number of anilines is 1. The van der Waals surface area contributed by atoms with Crippen molar-refractivity contribution >= 4 is 21.2 Å². The standard InChI is InChI=1S/C13H20N2O4S/c1-5-20(18,19)8-11(4)14-12-7-13(15(16)17)10(3)6-9(12)2/h6-7,11,14H,5,8H2,1-4H3. The van der Waals surface area contributed by atoms with Gasteiger partial charge in [-0.3, -0.25) is 10.1 Å². The summed E-state index contributed by atoms with van der Waals surface area (Å²) in [7, 11) is -3.08. The monoisotopic (exact) mass is 300 g/mol. The van der Waals surface area contributed by atoms with Crippen molar-refractivity contribution in [3.8, 4) is 0 Å². The molecule has 0 bridgehead atoms. The van der Waals surface area contributed by atoms with Crippen LogP contribution in [0.2, 0.25) is 0 Å². The topological polar surface area (TPSA) is 89.3 Å². The summed E-state index contributed by atoms with van der Waals surface area (Å²) in [5.74, 6) is 0.0939. The Morgan fingerprint density at radius 2 is 1.90 bits per heavy atom. The maximum atomic E-state index is 11.6. The van der Waals surface area contributed by atoms with E-state index < -0.39 is 14.8 Å². The lowest BCUT2D eigenvalue weighted by atomic mass is 10.1. The first-order chi connectivity index (χ1) is 9.16. The van der Waals surface area contributed by atoms with Gasteiger partial charge in [0.05, 0.1) is 10.7 Å². The van der Waals surface area contributed by atoms with Gasteiger partial charge in [0.2, 0.25) is 0 Å². The summed E-state index contributed by atoms with van der Waals surface area (Å²) in [6, 6.07) is 2.88. The lowest BCUT2D eigenvalue weighted by Gasteiger charge is -2.17. The molecule has 0 aliphatic rings. The van der Waals surface area contributed by atoms with Gasteiger partial charge in [-0.1, -0.05) is 6.92 Å². The summed E-state index contributed by atoms with van der Waals surface area (Å²) < 4.78 is 23.1. The predicted octanol–water partition coefficient (Wildman–Crippen LogP) is 2.45. The second kappa shape index (κ2) is 6.21. The van der Waals surface area contributed by atoms with E-state index in [1.54, 1.807) is 26.8 Å². The van der Waals surface area contributed by atoms with Crippen molar-refractivity contribution in [1.29, 1.82) is 0 Å². The fourth-order valence-electron chi connectivity index (χ4n) is 2.00. The van der Waals surface area contributed by atoms with E-state index in [0.717, 1.165) is 5.56 Å². The molecule has 0 heterocycles. The van der Waals surface area contributed by atoms with Gasteiger partial charge in [0.15, 0.2) is 9.84 Å². The lowest BCUT2D eigenvalue weighted by Crippen LogP contribution is -2.27. The minimum atomic E-state index is -3.08. The Kier molecular flexibility index (Phi) is 5.10. The average Bonchev–Trinajstić information content (AvgIpc) is 2.31. The molecule has 1 aromatic carbocycles. The summed E-state index contributed by atoms with van der Waals surface area (Å²) in [5, 5.41) is 14.0. The van der Waals surface area contributed by atoms with Gasteiger partial charge in [0.1, 0.15) is 0 Å². The fourth-order valence-corrected chi connectivity index (χ4v) is 3.08. The van der Waals surface area contributed by atoms with Crippen LogP contribution in [0.15, 0.2) is 12.1 Å². The Labute approximate surface area is 119 Å². The van der Waals surface area contributed by atoms with Crippen LogP contribution in [0.25, 0.3) is 0 Å². The van der Waals surface area contributed by atoms with Gasteiger partial charge >= 0.3 is 0 Å². The van der Waals surface area contributed by atoms with Crippen molar-refractivity contribution in [1.82, 2.24) is 0 Å². The number of sulfone groups is 1. The van der Waals surface area contributed by atoms with Gasteiger partial charge in [-0.25, -0.2) is 8.42 Å². The van der Waals surface area contributed by atoms with E-state index in [0.29, 0.717) is 11.3 Å². The molecule has 0 aliphatic heterocycles. The van der Waals surface area contributed by atoms with Crippen LogP contribution in [0.5, 0.6) is 0 Å². The molecule has 0 saturated heterocycles. The van der Waals surface area contributed by atoms with Crippen molar-refractivity contribution in [2.75, 3.05) is 16.8 Å². The largest absolute Gasteiger partial charge is 0.381 e. The summed E-state index contributed by atoms with van der Waals surface area (Å²) >= 11 is 0.